The molecule has 0 spiro atoms. The van der Waals surface area contributed by atoms with Crippen molar-refractivity contribution < 1.29 is 13.9 Å². The predicted octanol–water partition coefficient (Wildman–Crippen LogP) is 7.85. The van der Waals surface area contributed by atoms with Gasteiger partial charge in [-0.15, -0.1) is 0 Å². The van der Waals surface area contributed by atoms with Gasteiger partial charge in [0.15, 0.2) is 5.43 Å². The summed E-state index contributed by atoms with van der Waals surface area (Å²) in [5.41, 5.74) is 2.26. The van der Waals surface area contributed by atoms with Crippen LogP contribution in [0, 0.1) is 0 Å². The van der Waals surface area contributed by atoms with E-state index in [0.717, 1.165) is 23.3 Å². The normalized spacial score (nSPS) is 13.6. The Morgan fingerprint density at radius 1 is 0.744 bits per heavy atom. The average Bonchev–Trinajstić information content (AvgIpc) is 3.49. The van der Waals surface area contributed by atoms with Gasteiger partial charge in [0.25, 0.3) is 0 Å². The number of benzene rings is 3. The Labute approximate surface area is 231 Å². The number of para-hydroxylation sites is 1. The molecule has 4 aromatic rings. The molecule has 1 aliphatic rings. The highest BCUT2D eigenvalue weighted by atomic mass is 16.5. The second kappa shape index (κ2) is 14.0. The molecule has 0 amide bonds. The number of unbranched alkanes of at least 4 members (excludes halogenated alkanes) is 5. The molecule has 1 fully saturated rings. The summed E-state index contributed by atoms with van der Waals surface area (Å²) in [7, 11) is 0. The largest absolute Gasteiger partial charge is 0.493 e. The lowest BCUT2D eigenvalue weighted by Crippen LogP contribution is -2.20. The van der Waals surface area contributed by atoms with Crippen LogP contribution in [0.3, 0.4) is 0 Å². The van der Waals surface area contributed by atoms with Crippen LogP contribution in [0.1, 0.15) is 56.9 Å². The van der Waals surface area contributed by atoms with Crippen molar-refractivity contribution in [2.24, 2.45) is 0 Å². The van der Waals surface area contributed by atoms with Crippen LogP contribution in [0.15, 0.2) is 88.1 Å². The molecule has 0 bridgehead atoms. The van der Waals surface area contributed by atoms with Gasteiger partial charge in [0.1, 0.15) is 29.4 Å². The molecule has 0 radical (unpaired) electrons. The Morgan fingerprint density at radius 2 is 1.49 bits per heavy atom. The first-order valence-corrected chi connectivity index (χ1v) is 14.5. The van der Waals surface area contributed by atoms with Crippen LogP contribution in [-0.4, -0.2) is 31.1 Å². The van der Waals surface area contributed by atoms with Crippen molar-refractivity contribution in [3.63, 3.8) is 0 Å². The van der Waals surface area contributed by atoms with Crippen molar-refractivity contribution in [1.82, 2.24) is 4.90 Å². The molecule has 0 N–H and O–H groups in total. The van der Waals surface area contributed by atoms with Gasteiger partial charge in [-0.05, 0) is 75.1 Å². The van der Waals surface area contributed by atoms with Crippen LogP contribution in [0.2, 0.25) is 0 Å². The lowest BCUT2D eigenvalue weighted by atomic mass is 10.1. The third-order valence-electron chi connectivity index (χ3n) is 7.43. The van der Waals surface area contributed by atoms with Crippen molar-refractivity contribution in [3.8, 4) is 22.8 Å². The van der Waals surface area contributed by atoms with E-state index in [2.05, 4.69) is 4.90 Å². The summed E-state index contributed by atoms with van der Waals surface area (Å²) in [6.45, 7) is 4.97. The molecule has 0 aliphatic carbocycles. The van der Waals surface area contributed by atoms with Crippen molar-refractivity contribution in [1.29, 1.82) is 0 Å². The van der Waals surface area contributed by atoms with E-state index < -0.39 is 0 Å². The second-order valence-corrected chi connectivity index (χ2v) is 10.4. The standard InChI is InChI=1S/C34H39NO4/c36-31-25-34(30-16-8-9-17-32(30)38-26-27-14-6-5-7-15-27)39-33-24-28(18-19-29(31)33)37-23-13-4-2-1-3-10-20-35-21-11-12-22-35/h5-9,14-19,24-25H,1-4,10-13,20-23,26H2. The fourth-order valence-corrected chi connectivity index (χ4v) is 5.23. The molecular weight excluding hydrogens is 486 g/mol. The van der Waals surface area contributed by atoms with E-state index in [9.17, 15) is 4.79 Å². The van der Waals surface area contributed by atoms with Gasteiger partial charge in [0.2, 0.25) is 0 Å². The fourth-order valence-electron chi connectivity index (χ4n) is 5.23. The van der Waals surface area contributed by atoms with Crippen molar-refractivity contribution >= 4 is 11.0 Å². The van der Waals surface area contributed by atoms with E-state index in [-0.39, 0.29) is 5.43 Å². The zero-order valence-electron chi connectivity index (χ0n) is 22.8. The van der Waals surface area contributed by atoms with Gasteiger partial charge in [-0.2, -0.15) is 0 Å². The lowest BCUT2D eigenvalue weighted by molar-refractivity contribution is 0.302. The molecule has 2 heterocycles. The average molecular weight is 526 g/mol. The molecule has 3 aromatic carbocycles. The van der Waals surface area contributed by atoms with Crippen LogP contribution in [0.4, 0.5) is 0 Å². The van der Waals surface area contributed by atoms with Crippen LogP contribution >= 0.6 is 0 Å². The van der Waals surface area contributed by atoms with E-state index in [1.807, 2.05) is 66.7 Å². The number of nitrogens with zero attached hydrogens (tertiary/aromatic N) is 1. The molecule has 39 heavy (non-hydrogen) atoms. The summed E-state index contributed by atoms with van der Waals surface area (Å²) in [6, 6.07) is 24.7. The minimum Gasteiger partial charge on any atom is -0.493 e. The fraction of sp³-hybridized carbons (Fsp3) is 0.382. The lowest BCUT2D eigenvalue weighted by Gasteiger charge is -2.13. The van der Waals surface area contributed by atoms with E-state index in [4.69, 9.17) is 13.9 Å². The summed E-state index contributed by atoms with van der Waals surface area (Å²) < 4.78 is 18.3. The zero-order valence-corrected chi connectivity index (χ0v) is 22.8. The molecule has 5 rings (SSSR count). The van der Waals surface area contributed by atoms with Gasteiger partial charge in [-0.1, -0.05) is 68.1 Å². The smallest absolute Gasteiger partial charge is 0.193 e. The van der Waals surface area contributed by atoms with Crippen molar-refractivity contribution in [2.75, 3.05) is 26.2 Å². The molecule has 0 atom stereocenters. The van der Waals surface area contributed by atoms with Gasteiger partial charge in [-0.25, -0.2) is 0 Å². The number of rotatable bonds is 14. The summed E-state index contributed by atoms with van der Waals surface area (Å²) in [5.74, 6) is 1.88. The van der Waals surface area contributed by atoms with Crippen LogP contribution in [0.5, 0.6) is 11.5 Å². The van der Waals surface area contributed by atoms with Gasteiger partial charge in [0.05, 0.1) is 17.6 Å². The number of hydrogen-bond acceptors (Lipinski definition) is 5. The number of hydrogen-bond donors (Lipinski definition) is 0. The maximum Gasteiger partial charge on any atom is 0.193 e. The Hall–Kier alpha value is -3.57. The van der Waals surface area contributed by atoms with Crippen molar-refractivity contribution in [2.45, 2.75) is 58.0 Å². The molecular formula is C34H39NO4. The minimum atomic E-state index is -0.0830. The molecule has 0 saturated carbocycles. The van der Waals surface area contributed by atoms with Crippen LogP contribution < -0.4 is 14.9 Å². The second-order valence-electron chi connectivity index (χ2n) is 10.4. The molecule has 0 unspecified atom stereocenters. The minimum absolute atomic E-state index is 0.0830. The Morgan fingerprint density at radius 3 is 2.33 bits per heavy atom. The summed E-state index contributed by atoms with van der Waals surface area (Å²) >= 11 is 0. The highest BCUT2D eigenvalue weighted by Crippen LogP contribution is 2.32. The highest BCUT2D eigenvalue weighted by Gasteiger charge is 2.13. The SMILES string of the molecule is O=c1cc(-c2ccccc2OCc2ccccc2)oc2cc(OCCCCCCCCN3CCCC3)ccc12. The number of ether oxygens (including phenoxy) is 2. The monoisotopic (exact) mass is 525 g/mol. The van der Waals surface area contributed by atoms with Crippen molar-refractivity contribution in [3.05, 3.63) is 94.6 Å². The van der Waals surface area contributed by atoms with Crippen LogP contribution in [0.25, 0.3) is 22.3 Å². The summed E-state index contributed by atoms with van der Waals surface area (Å²) in [5, 5.41) is 0.544. The molecule has 5 nitrogen and oxygen atoms in total. The van der Waals surface area contributed by atoms with Gasteiger partial charge in [-0.3, -0.25) is 4.79 Å². The van der Waals surface area contributed by atoms with E-state index in [1.165, 1.54) is 64.6 Å². The highest BCUT2D eigenvalue weighted by molar-refractivity contribution is 5.80. The molecule has 1 saturated heterocycles. The quantitative estimate of drug-likeness (QED) is 0.157. The first kappa shape index (κ1) is 27.0. The third-order valence-corrected chi connectivity index (χ3v) is 7.43. The third kappa shape index (κ3) is 7.73. The molecule has 1 aliphatic heterocycles. The van der Waals surface area contributed by atoms with Gasteiger partial charge >= 0.3 is 0 Å². The van der Waals surface area contributed by atoms with Crippen LogP contribution in [-0.2, 0) is 6.61 Å². The van der Waals surface area contributed by atoms with E-state index in [1.54, 1.807) is 12.1 Å². The summed E-state index contributed by atoms with van der Waals surface area (Å²) in [4.78, 5) is 15.5. The van der Waals surface area contributed by atoms with Gasteiger partial charge in [0, 0.05) is 12.1 Å². The predicted molar refractivity (Wildman–Crippen MR) is 158 cm³/mol. The van der Waals surface area contributed by atoms with E-state index >= 15 is 0 Å². The Bertz CT molecular complexity index is 1380. The first-order chi connectivity index (χ1) is 19.3. The number of fused-ring (bicyclic) bond motifs is 1. The number of likely N-dealkylation sites (tertiary alicyclic amines) is 1. The molecule has 204 valence electrons. The Kier molecular flexibility index (Phi) is 9.70. The molecule has 5 heteroatoms. The Balaban J connectivity index is 1.14. The maximum absolute atomic E-state index is 12.9. The zero-order chi connectivity index (χ0) is 26.7. The maximum atomic E-state index is 12.9. The topological polar surface area (TPSA) is 51.9 Å². The molecule has 1 aromatic heterocycles. The van der Waals surface area contributed by atoms with Gasteiger partial charge < -0.3 is 18.8 Å². The summed E-state index contributed by atoms with van der Waals surface area (Å²) in [6.07, 6.45) is 10.2. The van der Waals surface area contributed by atoms with E-state index in [0.29, 0.717) is 35.7 Å². The first-order valence-electron chi connectivity index (χ1n) is 14.5.